The number of hydrogen-bond acceptors (Lipinski definition) is 3. The smallest absolute Gasteiger partial charge is 0.266 e. The van der Waals surface area contributed by atoms with Crippen molar-refractivity contribution in [2.75, 3.05) is 6.54 Å². The Morgan fingerprint density at radius 1 is 1.09 bits per heavy atom. The molecule has 5 heteroatoms. The van der Waals surface area contributed by atoms with Crippen molar-refractivity contribution in [2.45, 2.75) is 72.3 Å². The average Bonchev–Trinajstić information content (AvgIpc) is 3.37. The molecule has 0 bridgehead atoms. The normalized spacial score (nSPS) is 15.2. The maximum absolute atomic E-state index is 13.8. The third-order valence-corrected chi connectivity index (χ3v) is 7.09. The number of aromatic nitrogens is 2. The maximum atomic E-state index is 13.8. The monoisotopic (exact) mass is 459 g/mol. The predicted molar refractivity (Wildman–Crippen MR) is 138 cm³/mol. The van der Waals surface area contributed by atoms with E-state index in [1.54, 1.807) is 4.57 Å². The lowest BCUT2D eigenvalue weighted by Crippen LogP contribution is -2.42. The predicted octanol–water partition coefficient (Wildman–Crippen LogP) is 6.21. The molecule has 0 aliphatic heterocycles. The molecule has 0 N–H and O–H groups in total. The molecule has 4 rings (SSSR count). The second kappa shape index (κ2) is 10.5. The van der Waals surface area contributed by atoms with E-state index in [-0.39, 0.29) is 23.4 Å². The van der Waals surface area contributed by atoms with Crippen LogP contribution in [0.5, 0.6) is 0 Å². The van der Waals surface area contributed by atoms with Crippen LogP contribution in [0.15, 0.2) is 53.3 Å². The van der Waals surface area contributed by atoms with Crippen molar-refractivity contribution in [3.63, 3.8) is 0 Å². The van der Waals surface area contributed by atoms with Gasteiger partial charge < -0.3 is 4.90 Å². The number of nitrogens with zero attached hydrogens (tertiary/aromatic N) is 3. The largest absolute Gasteiger partial charge is 0.332 e. The number of aryl methyl sites for hydroxylation is 1. The van der Waals surface area contributed by atoms with E-state index >= 15 is 0 Å². The third kappa shape index (κ3) is 4.94. The highest BCUT2D eigenvalue weighted by Crippen LogP contribution is 2.32. The van der Waals surface area contributed by atoms with Crippen LogP contribution in [0.2, 0.25) is 0 Å². The van der Waals surface area contributed by atoms with Crippen molar-refractivity contribution in [3.05, 3.63) is 70.3 Å². The van der Waals surface area contributed by atoms with Gasteiger partial charge in [0.25, 0.3) is 5.56 Å². The summed E-state index contributed by atoms with van der Waals surface area (Å²) in [5.41, 5.74) is 2.52. The molecule has 1 heterocycles. The number of rotatable bonds is 8. The molecule has 1 aliphatic carbocycles. The van der Waals surface area contributed by atoms with Gasteiger partial charge in [0, 0.05) is 12.5 Å². The zero-order chi connectivity index (χ0) is 24.2. The summed E-state index contributed by atoms with van der Waals surface area (Å²) in [5.74, 6) is 1.45. The molecule has 1 amide bonds. The van der Waals surface area contributed by atoms with E-state index in [0.29, 0.717) is 35.6 Å². The van der Waals surface area contributed by atoms with Gasteiger partial charge in [0.15, 0.2) is 0 Å². The summed E-state index contributed by atoms with van der Waals surface area (Å²) in [5, 5.41) is 0.595. The van der Waals surface area contributed by atoms with Gasteiger partial charge in [-0.25, -0.2) is 4.98 Å². The molecule has 5 nitrogen and oxygen atoms in total. The van der Waals surface area contributed by atoms with Crippen LogP contribution in [0.25, 0.3) is 16.6 Å². The van der Waals surface area contributed by atoms with E-state index in [1.807, 2.05) is 60.4 Å². The van der Waals surface area contributed by atoms with Gasteiger partial charge in [-0.15, -0.1) is 0 Å². The van der Waals surface area contributed by atoms with Crippen molar-refractivity contribution < 1.29 is 4.79 Å². The van der Waals surface area contributed by atoms with E-state index in [9.17, 15) is 9.59 Å². The first-order valence-corrected chi connectivity index (χ1v) is 12.8. The van der Waals surface area contributed by atoms with Crippen LogP contribution in [0.3, 0.4) is 0 Å². The zero-order valence-electron chi connectivity index (χ0n) is 21.0. The fourth-order valence-corrected chi connectivity index (χ4v) is 5.08. The maximum Gasteiger partial charge on any atom is 0.266 e. The van der Waals surface area contributed by atoms with Crippen LogP contribution >= 0.6 is 0 Å². The lowest BCUT2D eigenvalue weighted by atomic mass is 10.0. The number of carbonyl (C=O) groups excluding carboxylic acids is 1. The Labute approximate surface area is 202 Å². The molecule has 0 saturated heterocycles. The lowest BCUT2D eigenvalue weighted by molar-refractivity contribution is -0.138. The van der Waals surface area contributed by atoms with Crippen LogP contribution in [0.1, 0.15) is 76.7 Å². The molecule has 1 aromatic heterocycles. The summed E-state index contributed by atoms with van der Waals surface area (Å²) in [6.07, 6.45) is 5.79. The van der Waals surface area contributed by atoms with Gasteiger partial charge in [-0.05, 0) is 62.8 Å². The van der Waals surface area contributed by atoms with Crippen LogP contribution in [0, 0.1) is 18.8 Å². The van der Waals surface area contributed by atoms with Gasteiger partial charge in [0.2, 0.25) is 5.91 Å². The van der Waals surface area contributed by atoms with Crippen molar-refractivity contribution in [3.8, 4) is 5.69 Å². The summed E-state index contributed by atoms with van der Waals surface area (Å²) in [4.78, 5) is 34.6. The van der Waals surface area contributed by atoms with E-state index in [1.165, 1.54) is 0 Å². The van der Waals surface area contributed by atoms with Gasteiger partial charge in [-0.1, -0.05) is 63.4 Å². The summed E-state index contributed by atoms with van der Waals surface area (Å²) in [6.45, 7) is 9.19. The van der Waals surface area contributed by atoms with Crippen molar-refractivity contribution in [1.82, 2.24) is 14.5 Å². The Morgan fingerprint density at radius 3 is 2.41 bits per heavy atom. The lowest BCUT2D eigenvalue weighted by Gasteiger charge is -2.34. The Hall–Kier alpha value is -2.95. The molecular weight excluding hydrogens is 422 g/mol. The van der Waals surface area contributed by atoms with Crippen molar-refractivity contribution in [2.24, 2.45) is 11.8 Å². The first-order valence-electron chi connectivity index (χ1n) is 12.8. The number of carbonyl (C=O) groups is 1. The molecule has 3 aromatic rings. The average molecular weight is 460 g/mol. The minimum Gasteiger partial charge on any atom is -0.332 e. The minimum atomic E-state index is -0.259. The SMILES string of the molecule is CCC(c1nc2ccccc2c(=O)n1-c1ccc(C)cc1)N(CCC(C)C)C(=O)C1CCCC1. The molecule has 1 fully saturated rings. The third-order valence-electron chi connectivity index (χ3n) is 7.09. The van der Waals surface area contributed by atoms with Crippen LogP contribution in [-0.2, 0) is 4.79 Å². The summed E-state index contributed by atoms with van der Waals surface area (Å²) >= 11 is 0. The van der Waals surface area contributed by atoms with Crippen LogP contribution in [-0.4, -0.2) is 26.9 Å². The van der Waals surface area contributed by atoms with Gasteiger partial charge in [-0.2, -0.15) is 0 Å². The quantitative estimate of drug-likeness (QED) is 0.402. The Kier molecular flexibility index (Phi) is 7.50. The standard InChI is InChI=1S/C29H37N3O2/c1-5-26(31(19-18-20(2)3)28(33)22-10-6-7-11-22)27-30-25-13-9-8-12-24(25)29(34)32(27)23-16-14-21(4)15-17-23/h8-9,12-17,20,22,26H,5-7,10-11,18-19H2,1-4H3. The molecular formula is C29H37N3O2. The van der Waals surface area contributed by atoms with Gasteiger partial charge in [0.1, 0.15) is 5.82 Å². The van der Waals surface area contributed by atoms with E-state index in [4.69, 9.17) is 4.98 Å². The number of hydrogen-bond donors (Lipinski definition) is 0. The van der Waals surface area contributed by atoms with Crippen molar-refractivity contribution in [1.29, 1.82) is 0 Å². The molecule has 1 aliphatic rings. The van der Waals surface area contributed by atoms with Gasteiger partial charge in [-0.3, -0.25) is 14.2 Å². The molecule has 1 atom stereocenters. The molecule has 0 spiro atoms. The van der Waals surface area contributed by atoms with Crippen LogP contribution in [0.4, 0.5) is 0 Å². The second-order valence-electron chi connectivity index (χ2n) is 10.1. The highest BCUT2D eigenvalue weighted by Gasteiger charge is 2.34. The van der Waals surface area contributed by atoms with E-state index in [0.717, 1.165) is 43.4 Å². The van der Waals surface area contributed by atoms with Gasteiger partial charge >= 0.3 is 0 Å². The summed E-state index contributed by atoms with van der Waals surface area (Å²) < 4.78 is 1.74. The molecule has 1 unspecified atom stereocenters. The highest BCUT2D eigenvalue weighted by molar-refractivity contribution is 5.80. The number of benzene rings is 2. The Bertz CT molecular complexity index is 1190. The summed E-state index contributed by atoms with van der Waals surface area (Å²) in [7, 11) is 0. The number of amides is 1. The summed E-state index contributed by atoms with van der Waals surface area (Å²) in [6, 6.07) is 15.2. The van der Waals surface area contributed by atoms with E-state index < -0.39 is 0 Å². The highest BCUT2D eigenvalue weighted by atomic mass is 16.2. The topological polar surface area (TPSA) is 55.2 Å². The van der Waals surface area contributed by atoms with Crippen LogP contribution < -0.4 is 5.56 Å². The molecule has 0 radical (unpaired) electrons. The molecule has 1 saturated carbocycles. The first-order chi connectivity index (χ1) is 16.4. The Morgan fingerprint density at radius 2 is 1.76 bits per heavy atom. The van der Waals surface area contributed by atoms with Gasteiger partial charge in [0.05, 0.1) is 22.6 Å². The minimum absolute atomic E-state index is 0.0833. The molecule has 180 valence electrons. The van der Waals surface area contributed by atoms with Crippen molar-refractivity contribution >= 4 is 16.8 Å². The second-order valence-corrected chi connectivity index (χ2v) is 10.1. The fraction of sp³-hybridized carbons (Fsp3) is 0.483. The fourth-order valence-electron chi connectivity index (χ4n) is 5.08. The Balaban J connectivity index is 1.89. The zero-order valence-corrected chi connectivity index (χ0v) is 21.0. The first kappa shape index (κ1) is 24.2. The number of para-hydroxylation sites is 1. The molecule has 2 aromatic carbocycles. The number of fused-ring (bicyclic) bond motifs is 1. The van der Waals surface area contributed by atoms with E-state index in [2.05, 4.69) is 20.8 Å². The molecule has 34 heavy (non-hydrogen) atoms.